The van der Waals surface area contributed by atoms with Crippen molar-refractivity contribution in [3.63, 3.8) is 0 Å². The first-order chi connectivity index (χ1) is 7.53. The molecule has 1 aromatic rings. The van der Waals surface area contributed by atoms with Gasteiger partial charge in [-0.3, -0.25) is 4.68 Å². The molecule has 0 bridgehead atoms. The topological polar surface area (TPSA) is 29.9 Å². The van der Waals surface area contributed by atoms with Crippen LogP contribution >= 0.6 is 0 Å². The Morgan fingerprint density at radius 3 is 2.75 bits per heavy atom. The van der Waals surface area contributed by atoms with Crippen LogP contribution in [-0.4, -0.2) is 22.9 Å². The number of nitrogens with zero attached hydrogens (tertiary/aromatic N) is 2. The quantitative estimate of drug-likeness (QED) is 0.824. The molecule has 3 heteroatoms. The van der Waals surface area contributed by atoms with Crippen LogP contribution in [-0.2, 0) is 13.5 Å². The van der Waals surface area contributed by atoms with Crippen LogP contribution in [0.4, 0.5) is 0 Å². The van der Waals surface area contributed by atoms with E-state index in [-0.39, 0.29) is 0 Å². The maximum atomic E-state index is 4.21. The Hall–Kier alpha value is -0.830. The van der Waals surface area contributed by atoms with Crippen LogP contribution in [0.5, 0.6) is 0 Å². The fourth-order valence-electron chi connectivity index (χ4n) is 2.66. The van der Waals surface area contributed by atoms with Gasteiger partial charge in [0, 0.05) is 19.3 Å². The van der Waals surface area contributed by atoms with Crippen LogP contribution < -0.4 is 5.32 Å². The lowest BCUT2D eigenvalue weighted by atomic mass is 9.98. The highest BCUT2D eigenvalue weighted by Crippen LogP contribution is 2.54. The predicted octanol–water partition coefficient (Wildman–Crippen LogP) is 1.99. The molecular weight excluding hydrogens is 198 g/mol. The fraction of sp³-hybridized carbons (Fsp3) is 0.769. The van der Waals surface area contributed by atoms with Gasteiger partial charge in [0.15, 0.2) is 0 Å². The van der Waals surface area contributed by atoms with Gasteiger partial charge in [-0.05, 0) is 43.2 Å². The summed E-state index contributed by atoms with van der Waals surface area (Å²) in [6.07, 6.45) is 7.81. The summed E-state index contributed by atoms with van der Waals surface area (Å²) in [5.41, 5.74) is 1.91. The standard InChI is InChI=1S/C13H23N3/c1-13(2)7-11(13)12(14-3)6-5-10-8-15-16(4)9-10/h8-9,11-12,14H,5-7H2,1-4H3. The monoisotopic (exact) mass is 221 g/mol. The number of hydrogen-bond acceptors (Lipinski definition) is 2. The molecule has 2 unspecified atom stereocenters. The SMILES string of the molecule is CNC(CCc1cnn(C)c1)C1CC1(C)C. The van der Waals surface area contributed by atoms with E-state index in [2.05, 4.69) is 37.5 Å². The number of nitrogens with one attached hydrogen (secondary N) is 1. The average molecular weight is 221 g/mol. The Bertz CT molecular complexity index is 354. The van der Waals surface area contributed by atoms with Crippen LogP contribution in [0, 0.1) is 11.3 Å². The molecule has 3 nitrogen and oxygen atoms in total. The molecule has 0 spiro atoms. The Morgan fingerprint density at radius 1 is 1.62 bits per heavy atom. The van der Waals surface area contributed by atoms with E-state index in [1.807, 2.05) is 17.9 Å². The zero-order valence-electron chi connectivity index (χ0n) is 10.8. The van der Waals surface area contributed by atoms with Gasteiger partial charge in [-0.2, -0.15) is 5.10 Å². The second-order valence-electron chi connectivity index (χ2n) is 5.76. The van der Waals surface area contributed by atoms with Gasteiger partial charge < -0.3 is 5.32 Å². The van der Waals surface area contributed by atoms with Crippen molar-refractivity contribution in [1.82, 2.24) is 15.1 Å². The molecule has 0 amide bonds. The maximum absolute atomic E-state index is 4.21. The highest BCUT2D eigenvalue weighted by atomic mass is 15.2. The maximum Gasteiger partial charge on any atom is 0.0521 e. The van der Waals surface area contributed by atoms with E-state index in [0.717, 1.165) is 12.3 Å². The second-order valence-corrected chi connectivity index (χ2v) is 5.76. The zero-order chi connectivity index (χ0) is 11.8. The highest BCUT2D eigenvalue weighted by Gasteiger charge is 2.49. The van der Waals surface area contributed by atoms with Crippen molar-refractivity contribution >= 4 is 0 Å². The molecule has 2 rings (SSSR count). The van der Waals surface area contributed by atoms with Crippen molar-refractivity contribution in [3.05, 3.63) is 18.0 Å². The van der Waals surface area contributed by atoms with Crippen molar-refractivity contribution in [1.29, 1.82) is 0 Å². The smallest absolute Gasteiger partial charge is 0.0521 e. The third kappa shape index (κ3) is 2.46. The number of aromatic nitrogens is 2. The Morgan fingerprint density at radius 2 is 2.31 bits per heavy atom. The minimum Gasteiger partial charge on any atom is -0.317 e. The van der Waals surface area contributed by atoms with Crippen molar-refractivity contribution in [2.24, 2.45) is 18.4 Å². The summed E-state index contributed by atoms with van der Waals surface area (Å²) < 4.78 is 1.88. The molecule has 1 fully saturated rings. The first-order valence-electron chi connectivity index (χ1n) is 6.18. The number of hydrogen-bond donors (Lipinski definition) is 1. The van der Waals surface area contributed by atoms with Gasteiger partial charge >= 0.3 is 0 Å². The lowest BCUT2D eigenvalue weighted by molar-refractivity contribution is 0.407. The van der Waals surface area contributed by atoms with E-state index in [1.165, 1.54) is 18.4 Å². The molecule has 0 saturated heterocycles. The minimum atomic E-state index is 0.558. The van der Waals surface area contributed by atoms with Crippen LogP contribution in [0.2, 0.25) is 0 Å². The largest absolute Gasteiger partial charge is 0.317 e. The molecule has 16 heavy (non-hydrogen) atoms. The third-order valence-corrected chi connectivity index (χ3v) is 3.95. The molecule has 1 aromatic heterocycles. The molecule has 0 radical (unpaired) electrons. The van der Waals surface area contributed by atoms with E-state index >= 15 is 0 Å². The summed E-state index contributed by atoms with van der Waals surface area (Å²) in [6.45, 7) is 4.73. The summed E-state index contributed by atoms with van der Waals surface area (Å²) >= 11 is 0. The van der Waals surface area contributed by atoms with Crippen LogP contribution in [0.3, 0.4) is 0 Å². The lowest BCUT2D eigenvalue weighted by Gasteiger charge is -2.17. The van der Waals surface area contributed by atoms with Crippen LogP contribution in [0.1, 0.15) is 32.3 Å². The summed E-state index contributed by atoms with van der Waals surface area (Å²) in [7, 11) is 4.06. The molecule has 1 aliphatic rings. The first-order valence-corrected chi connectivity index (χ1v) is 6.18. The van der Waals surface area contributed by atoms with E-state index in [4.69, 9.17) is 0 Å². The Balaban J connectivity index is 1.84. The van der Waals surface area contributed by atoms with Crippen molar-refractivity contribution in [3.8, 4) is 0 Å². The molecular formula is C13H23N3. The minimum absolute atomic E-state index is 0.558. The fourth-order valence-corrected chi connectivity index (χ4v) is 2.66. The van der Waals surface area contributed by atoms with E-state index < -0.39 is 0 Å². The molecule has 1 saturated carbocycles. The van der Waals surface area contributed by atoms with Crippen molar-refractivity contribution in [2.45, 2.75) is 39.2 Å². The molecule has 90 valence electrons. The molecule has 1 aliphatic carbocycles. The van der Waals surface area contributed by atoms with E-state index in [9.17, 15) is 0 Å². The van der Waals surface area contributed by atoms with Gasteiger partial charge in [-0.15, -0.1) is 0 Å². The van der Waals surface area contributed by atoms with Gasteiger partial charge in [0.05, 0.1) is 6.20 Å². The molecule has 1 heterocycles. The van der Waals surface area contributed by atoms with Gasteiger partial charge in [0.25, 0.3) is 0 Å². The van der Waals surface area contributed by atoms with Gasteiger partial charge in [-0.1, -0.05) is 13.8 Å². The number of aryl methyl sites for hydroxylation is 2. The average Bonchev–Trinajstić information content (AvgIpc) is 2.66. The molecule has 0 aromatic carbocycles. The molecule has 2 atom stereocenters. The Labute approximate surface area is 98.2 Å². The van der Waals surface area contributed by atoms with Crippen LogP contribution in [0.15, 0.2) is 12.4 Å². The summed E-state index contributed by atoms with van der Waals surface area (Å²) in [4.78, 5) is 0. The van der Waals surface area contributed by atoms with Crippen molar-refractivity contribution < 1.29 is 0 Å². The third-order valence-electron chi connectivity index (χ3n) is 3.95. The van der Waals surface area contributed by atoms with E-state index in [0.29, 0.717) is 11.5 Å². The zero-order valence-corrected chi connectivity index (χ0v) is 10.8. The van der Waals surface area contributed by atoms with Gasteiger partial charge in [-0.25, -0.2) is 0 Å². The van der Waals surface area contributed by atoms with E-state index in [1.54, 1.807) is 0 Å². The highest BCUT2D eigenvalue weighted by molar-refractivity contribution is 5.07. The Kier molecular flexibility index (Phi) is 3.06. The summed E-state index contributed by atoms with van der Waals surface area (Å²) in [5, 5.41) is 7.68. The molecule has 1 N–H and O–H groups in total. The number of rotatable bonds is 5. The molecule has 0 aliphatic heterocycles. The second kappa shape index (κ2) is 4.21. The van der Waals surface area contributed by atoms with Gasteiger partial charge in [0.1, 0.15) is 0 Å². The van der Waals surface area contributed by atoms with Gasteiger partial charge in [0.2, 0.25) is 0 Å². The predicted molar refractivity (Wildman–Crippen MR) is 66.3 cm³/mol. The lowest BCUT2D eigenvalue weighted by Crippen LogP contribution is -2.29. The first kappa shape index (κ1) is 11.6. The van der Waals surface area contributed by atoms with Crippen LogP contribution in [0.25, 0.3) is 0 Å². The normalized spacial score (nSPS) is 24.4. The summed E-state index contributed by atoms with van der Waals surface area (Å²) in [5.74, 6) is 0.856. The summed E-state index contributed by atoms with van der Waals surface area (Å²) in [6, 6.07) is 0.662. The van der Waals surface area contributed by atoms with Crippen molar-refractivity contribution in [2.75, 3.05) is 7.05 Å².